The van der Waals surface area contributed by atoms with Gasteiger partial charge in [-0.05, 0) is 24.3 Å². The third-order valence-corrected chi connectivity index (χ3v) is 3.41. The van der Waals surface area contributed by atoms with Crippen LogP contribution < -0.4 is 10.1 Å². The number of halogens is 1. The fraction of sp³-hybridized carbons (Fsp3) is 0.125. The summed E-state index contributed by atoms with van der Waals surface area (Å²) in [7, 11) is 0. The van der Waals surface area contributed by atoms with Gasteiger partial charge in [0.25, 0.3) is 5.69 Å². The number of hydrogen-bond acceptors (Lipinski definition) is 4. The standard InChI is InChI=1S/C16H15BrN2O3/c1-2-8-22-16-7-6-13(17)9-12(16)11-18-14-4-3-5-15(10-14)19(20)21/h2-7,9-10,18H,1,8,11H2. The van der Waals surface area contributed by atoms with E-state index in [-0.39, 0.29) is 5.69 Å². The first-order valence-electron chi connectivity index (χ1n) is 6.60. The normalized spacial score (nSPS) is 10.0. The molecule has 2 aromatic carbocycles. The minimum atomic E-state index is -0.414. The van der Waals surface area contributed by atoms with Crippen molar-refractivity contribution in [1.82, 2.24) is 0 Å². The van der Waals surface area contributed by atoms with Crippen LogP contribution in [0.5, 0.6) is 5.75 Å². The van der Waals surface area contributed by atoms with Crippen molar-refractivity contribution in [3.8, 4) is 5.75 Å². The van der Waals surface area contributed by atoms with Crippen LogP contribution in [0.15, 0.2) is 59.6 Å². The smallest absolute Gasteiger partial charge is 0.271 e. The van der Waals surface area contributed by atoms with Gasteiger partial charge in [0.15, 0.2) is 0 Å². The Hall–Kier alpha value is -2.34. The van der Waals surface area contributed by atoms with E-state index in [4.69, 9.17) is 4.74 Å². The lowest BCUT2D eigenvalue weighted by molar-refractivity contribution is -0.384. The maximum Gasteiger partial charge on any atom is 0.271 e. The largest absolute Gasteiger partial charge is 0.489 e. The Morgan fingerprint density at radius 1 is 1.32 bits per heavy atom. The number of non-ortho nitro benzene ring substituents is 1. The molecular weight excluding hydrogens is 348 g/mol. The molecule has 0 saturated heterocycles. The lowest BCUT2D eigenvalue weighted by Crippen LogP contribution is -2.04. The van der Waals surface area contributed by atoms with Crippen LogP contribution >= 0.6 is 15.9 Å². The molecule has 0 aliphatic carbocycles. The van der Waals surface area contributed by atoms with E-state index >= 15 is 0 Å². The predicted octanol–water partition coefficient (Wildman–Crippen LogP) is 4.53. The Morgan fingerprint density at radius 3 is 2.86 bits per heavy atom. The van der Waals surface area contributed by atoms with Gasteiger partial charge in [0.2, 0.25) is 0 Å². The molecule has 0 amide bonds. The van der Waals surface area contributed by atoms with Gasteiger partial charge in [-0.2, -0.15) is 0 Å². The van der Waals surface area contributed by atoms with Gasteiger partial charge >= 0.3 is 0 Å². The summed E-state index contributed by atoms with van der Waals surface area (Å²) < 4.78 is 6.54. The molecular formula is C16H15BrN2O3. The number of benzene rings is 2. The summed E-state index contributed by atoms with van der Waals surface area (Å²) in [6, 6.07) is 12.1. The van der Waals surface area contributed by atoms with E-state index < -0.39 is 4.92 Å². The molecule has 0 aliphatic heterocycles. The van der Waals surface area contributed by atoms with Gasteiger partial charge in [-0.25, -0.2) is 0 Å². The van der Waals surface area contributed by atoms with Gasteiger partial charge in [0, 0.05) is 34.4 Å². The number of rotatable bonds is 7. The summed E-state index contributed by atoms with van der Waals surface area (Å²) >= 11 is 3.43. The van der Waals surface area contributed by atoms with E-state index in [0.717, 1.165) is 15.8 Å². The van der Waals surface area contributed by atoms with E-state index in [1.165, 1.54) is 12.1 Å². The summed E-state index contributed by atoms with van der Waals surface area (Å²) in [5.41, 5.74) is 1.69. The van der Waals surface area contributed by atoms with Gasteiger partial charge in [0.05, 0.1) is 4.92 Å². The summed E-state index contributed by atoms with van der Waals surface area (Å²) in [6.45, 7) is 4.54. The summed E-state index contributed by atoms with van der Waals surface area (Å²) in [5.74, 6) is 0.751. The fourth-order valence-electron chi connectivity index (χ4n) is 1.90. The van der Waals surface area contributed by atoms with Crippen LogP contribution in [0, 0.1) is 10.1 Å². The molecule has 2 rings (SSSR count). The Balaban J connectivity index is 2.13. The molecule has 0 unspecified atom stereocenters. The zero-order valence-corrected chi connectivity index (χ0v) is 13.4. The Kier molecular flexibility index (Phi) is 5.55. The summed E-state index contributed by atoms with van der Waals surface area (Å²) in [5, 5.41) is 14.0. The molecule has 0 radical (unpaired) electrons. The third-order valence-electron chi connectivity index (χ3n) is 2.92. The molecule has 114 valence electrons. The van der Waals surface area contributed by atoms with E-state index in [1.54, 1.807) is 18.2 Å². The quantitative estimate of drug-likeness (QED) is 0.446. The van der Waals surface area contributed by atoms with E-state index in [2.05, 4.69) is 27.8 Å². The zero-order valence-electron chi connectivity index (χ0n) is 11.8. The van der Waals surface area contributed by atoms with Crippen LogP contribution in [0.2, 0.25) is 0 Å². The second-order valence-electron chi connectivity index (χ2n) is 4.51. The molecule has 22 heavy (non-hydrogen) atoms. The Morgan fingerprint density at radius 2 is 2.14 bits per heavy atom. The molecule has 1 N–H and O–H groups in total. The highest BCUT2D eigenvalue weighted by molar-refractivity contribution is 9.10. The van der Waals surface area contributed by atoms with Crippen LogP contribution in [-0.2, 0) is 6.54 Å². The molecule has 5 nitrogen and oxygen atoms in total. The predicted molar refractivity (Wildman–Crippen MR) is 90.3 cm³/mol. The van der Waals surface area contributed by atoms with Gasteiger partial charge in [-0.1, -0.05) is 34.7 Å². The maximum atomic E-state index is 10.8. The van der Waals surface area contributed by atoms with Crippen molar-refractivity contribution in [2.24, 2.45) is 0 Å². The molecule has 0 heterocycles. The number of hydrogen-bond donors (Lipinski definition) is 1. The second-order valence-corrected chi connectivity index (χ2v) is 5.43. The molecule has 0 aliphatic rings. The first kappa shape index (κ1) is 16.0. The Bertz CT molecular complexity index is 689. The average Bonchev–Trinajstić information content (AvgIpc) is 2.52. The van der Waals surface area contributed by atoms with Crippen molar-refractivity contribution < 1.29 is 9.66 Å². The van der Waals surface area contributed by atoms with Crippen LogP contribution in [-0.4, -0.2) is 11.5 Å². The molecule has 6 heteroatoms. The zero-order chi connectivity index (χ0) is 15.9. The first-order valence-corrected chi connectivity index (χ1v) is 7.40. The van der Waals surface area contributed by atoms with Crippen molar-refractivity contribution in [1.29, 1.82) is 0 Å². The first-order chi connectivity index (χ1) is 10.6. The highest BCUT2D eigenvalue weighted by Crippen LogP contribution is 2.25. The topological polar surface area (TPSA) is 64.4 Å². The van der Waals surface area contributed by atoms with Crippen LogP contribution in [0.1, 0.15) is 5.56 Å². The van der Waals surface area contributed by atoms with Gasteiger partial charge in [-0.3, -0.25) is 10.1 Å². The fourth-order valence-corrected chi connectivity index (χ4v) is 2.31. The SMILES string of the molecule is C=CCOc1ccc(Br)cc1CNc1cccc([N+](=O)[O-])c1. The van der Waals surface area contributed by atoms with Crippen molar-refractivity contribution in [3.05, 3.63) is 75.3 Å². The minimum absolute atomic E-state index is 0.0578. The van der Waals surface area contributed by atoms with Crippen LogP contribution in [0.3, 0.4) is 0 Å². The number of nitro benzene ring substituents is 1. The lowest BCUT2D eigenvalue weighted by Gasteiger charge is -2.12. The molecule has 0 bridgehead atoms. The number of nitrogens with zero attached hydrogens (tertiary/aromatic N) is 1. The van der Waals surface area contributed by atoms with Crippen molar-refractivity contribution >= 4 is 27.3 Å². The van der Waals surface area contributed by atoms with Gasteiger partial charge in [-0.15, -0.1) is 0 Å². The Labute approximate surface area is 136 Å². The van der Waals surface area contributed by atoms with E-state index in [1.807, 2.05) is 18.2 Å². The van der Waals surface area contributed by atoms with E-state index in [9.17, 15) is 10.1 Å². The highest BCUT2D eigenvalue weighted by atomic mass is 79.9. The minimum Gasteiger partial charge on any atom is -0.489 e. The molecule has 0 spiro atoms. The summed E-state index contributed by atoms with van der Waals surface area (Å²) in [6.07, 6.45) is 1.68. The number of ether oxygens (including phenoxy) is 1. The van der Waals surface area contributed by atoms with Crippen molar-refractivity contribution in [2.45, 2.75) is 6.54 Å². The maximum absolute atomic E-state index is 10.8. The molecule has 0 atom stereocenters. The molecule has 0 fully saturated rings. The van der Waals surface area contributed by atoms with Crippen molar-refractivity contribution in [2.75, 3.05) is 11.9 Å². The molecule has 0 aromatic heterocycles. The number of nitro groups is 1. The second kappa shape index (κ2) is 7.61. The van der Waals surface area contributed by atoms with Gasteiger partial charge < -0.3 is 10.1 Å². The van der Waals surface area contributed by atoms with Gasteiger partial charge in [0.1, 0.15) is 12.4 Å². The highest BCUT2D eigenvalue weighted by Gasteiger charge is 2.07. The average molecular weight is 363 g/mol. The van der Waals surface area contributed by atoms with E-state index in [0.29, 0.717) is 18.8 Å². The monoisotopic (exact) mass is 362 g/mol. The third kappa shape index (κ3) is 4.33. The molecule has 2 aromatic rings. The van der Waals surface area contributed by atoms with Crippen LogP contribution in [0.4, 0.5) is 11.4 Å². The van der Waals surface area contributed by atoms with Crippen molar-refractivity contribution in [3.63, 3.8) is 0 Å². The number of nitrogens with one attached hydrogen (secondary N) is 1. The van der Waals surface area contributed by atoms with Crippen LogP contribution in [0.25, 0.3) is 0 Å². The molecule has 0 saturated carbocycles. The number of anilines is 1. The lowest BCUT2D eigenvalue weighted by atomic mass is 10.2. The summed E-state index contributed by atoms with van der Waals surface area (Å²) in [4.78, 5) is 10.4.